The van der Waals surface area contributed by atoms with E-state index in [1.807, 2.05) is 31.3 Å². The Hall–Kier alpha value is -3.32. The minimum atomic E-state index is -0.218. The van der Waals surface area contributed by atoms with Crippen LogP contribution in [0.15, 0.2) is 41.3 Å². The van der Waals surface area contributed by atoms with Gasteiger partial charge in [0.25, 0.3) is 11.5 Å². The second-order valence-electron chi connectivity index (χ2n) is 8.83. The number of hydrogen-bond donors (Lipinski definition) is 3. The molecule has 0 saturated carbocycles. The number of aromatic amines is 1. The lowest BCUT2D eigenvalue weighted by atomic mass is 9.77. The average molecular weight is 432 g/mol. The number of pyridine rings is 3. The fraction of sp³-hybridized carbons (Fsp3) is 0.360. The number of rotatable bonds is 5. The number of nitrogens with zero attached hydrogens (tertiary/aromatic N) is 2. The molecule has 1 amide bonds. The number of H-pyrrole nitrogens is 1. The average Bonchev–Trinajstić information content (AvgIpc) is 2.78. The fourth-order valence-corrected chi connectivity index (χ4v) is 4.26. The van der Waals surface area contributed by atoms with Gasteiger partial charge in [0.15, 0.2) is 0 Å². The summed E-state index contributed by atoms with van der Waals surface area (Å²) in [6.45, 7) is 8.03. The Morgan fingerprint density at radius 3 is 2.78 bits per heavy atom. The summed E-state index contributed by atoms with van der Waals surface area (Å²) >= 11 is 0. The van der Waals surface area contributed by atoms with Gasteiger partial charge in [-0.25, -0.2) is 4.98 Å². The van der Waals surface area contributed by atoms with Gasteiger partial charge in [0.2, 0.25) is 0 Å². The summed E-state index contributed by atoms with van der Waals surface area (Å²) in [7, 11) is 1.60. The highest BCUT2D eigenvalue weighted by Gasteiger charge is 2.29. The van der Waals surface area contributed by atoms with Crippen molar-refractivity contribution in [1.29, 1.82) is 0 Å². The van der Waals surface area contributed by atoms with Gasteiger partial charge in [0, 0.05) is 43.7 Å². The molecular formula is C25H29N5O2. The zero-order valence-electron chi connectivity index (χ0n) is 19.0. The highest BCUT2D eigenvalue weighted by molar-refractivity contribution is 5.92. The third-order valence-corrected chi connectivity index (χ3v) is 6.05. The SMILES string of the molecule is CCc1cc2ncc(Cc3nc(C(=O)NC)ccc3C3=CCNCC3(C)C)cc2[nH]c1=O. The zero-order valence-corrected chi connectivity index (χ0v) is 19.0. The molecule has 1 aliphatic rings. The molecule has 0 radical (unpaired) electrons. The molecular weight excluding hydrogens is 402 g/mol. The Balaban J connectivity index is 1.80. The summed E-state index contributed by atoms with van der Waals surface area (Å²) in [5, 5.41) is 6.06. The van der Waals surface area contributed by atoms with Crippen molar-refractivity contribution >= 4 is 22.5 Å². The summed E-state index contributed by atoms with van der Waals surface area (Å²) in [5.74, 6) is -0.218. The third kappa shape index (κ3) is 4.21. The van der Waals surface area contributed by atoms with Gasteiger partial charge >= 0.3 is 0 Å². The van der Waals surface area contributed by atoms with E-state index >= 15 is 0 Å². The van der Waals surface area contributed by atoms with Crippen LogP contribution in [0.25, 0.3) is 16.6 Å². The van der Waals surface area contributed by atoms with Crippen molar-refractivity contribution < 1.29 is 4.79 Å². The van der Waals surface area contributed by atoms with Crippen molar-refractivity contribution in [3.05, 3.63) is 75.0 Å². The second kappa shape index (κ2) is 8.67. The van der Waals surface area contributed by atoms with Crippen molar-refractivity contribution in [3.8, 4) is 0 Å². The van der Waals surface area contributed by atoms with Crippen LogP contribution in [0.4, 0.5) is 0 Å². The molecule has 0 aliphatic carbocycles. The molecule has 3 aromatic rings. The van der Waals surface area contributed by atoms with Crippen LogP contribution in [0.2, 0.25) is 0 Å². The lowest BCUT2D eigenvalue weighted by Crippen LogP contribution is -2.35. The largest absolute Gasteiger partial charge is 0.354 e. The van der Waals surface area contributed by atoms with Crippen LogP contribution in [-0.2, 0) is 12.8 Å². The van der Waals surface area contributed by atoms with Gasteiger partial charge < -0.3 is 15.6 Å². The smallest absolute Gasteiger partial charge is 0.269 e. The van der Waals surface area contributed by atoms with Crippen molar-refractivity contribution in [2.45, 2.75) is 33.6 Å². The molecule has 0 saturated heterocycles. The first-order valence-electron chi connectivity index (χ1n) is 11.0. The molecule has 0 unspecified atom stereocenters. The number of aryl methyl sites for hydroxylation is 1. The molecule has 0 spiro atoms. The van der Waals surface area contributed by atoms with E-state index in [-0.39, 0.29) is 16.9 Å². The molecule has 0 fully saturated rings. The fourth-order valence-electron chi connectivity index (χ4n) is 4.26. The first-order chi connectivity index (χ1) is 15.3. The van der Waals surface area contributed by atoms with Gasteiger partial charge in [-0.1, -0.05) is 32.9 Å². The predicted octanol–water partition coefficient (Wildman–Crippen LogP) is 2.84. The molecule has 1 aliphatic heterocycles. The lowest BCUT2D eigenvalue weighted by molar-refractivity contribution is 0.0958. The molecule has 3 aromatic heterocycles. The molecule has 4 heterocycles. The van der Waals surface area contributed by atoms with Crippen molar-refractivity contribution in [2.24, 2.45) is 5.41 Å². The van der Waals surface area contributed by atoms with Gasteiger partial charge in [0.1, 0.15) is 5.69 Å². The molecule has 0 bridgehead atoms. The molecule has 0 aromatic carbocycles. The van der Waals surface area contributed by atoms with Gasteiger partial charge in [-0.2, -0.15) is 0 Å². The van der Waals surface area contributed by atoms with Gasteiger partial charge in [-0.05, 0) is 41.3 Å². The van der Waals surface area contributed by atoms with E-state index in [9.17, 15) is 9.59 Å². The second-order valence-corrected chi connectivity index (χ2v) is 8.83. The lowest BCUT2D eigenvalue weighted by Gasteiger charge is -2.33. The monoisotopic (exact) mass is 431 g/mol. The molecule has 3 N–H and O–H groups in total. The van der Waals surface area contributed by atoms with Crippen LogP contribution in [0.3, 0.4) is 0 Å². The van der Waals surface area contributed by atoms with E-state index in [2.05, 4.69) is 40.5 Å². The van der Waals surface area contributed by atoms with Crippen LogP contribution in [0.5, 0.6) is 0 Å². The highest BCUT2D eigenvalue weighted by Crippen LogP contribution is 2.37. The number of nitrogens with one attached hydrogen (secondary N) is 3. The maximum atomic E-state index is 12.3. The Kier molecular flexibility index (Phi) is 5.93. The standard InChI is InChI=1S/C25H29N5O2/c1-5-16-12-21-22(30-23(16)31)11-15(13-28-21)10-20-17(6-7-19(29-20)24(32)26-4)18-8-9-27-14-25(18,2)3/h6-8,11-13,27H,5,9-10,14H2,1-4H3,(H,26,32)(H,30,31). The summed E-state index contributed by atoms with van der Waals surface area (Å²) < 4.78 is 0. The van der Waals surface area contributed by atoms with E-state index in [0.29, 0.717) is 24.1 Å². The van der Waals surface area contributed by atoms with Crippen LogP contribution < -0.4 is 16.2 Å². The summed E-state index contributed by atoms with van der Waals surface area (Å²) in [6.07, 6.45) is 5.18. The first-order valence-corrected chi connectivity index (χ1v) is 11.0. The Morgan fingerprint density at radius 1 is 1.25 bits per heavy atom. The Morgan fingerprint density at radius 2 is 2.06 bits per heavy atom. The van der Waals surface area contributed by atoms with Gasteiger partial charge in [-0.3, -0.25) is 14.6 Å². The quantitative estimate of drug-likeness (QED) is 0.577. The normalized spacial score (nSPS) is 15.4. The number of hydrogen-bond acceptors (Lipinski definition) is 5. The zero-order chi connectivity index (χ0) is 22.9. The molecule has 166 valence electrons. The molecule has 0 atom stereocenters. The van der Waals surface area contributed by atoms with Crippen molar-refractivity contribution in [3.63, 3.8) is 0 Å². The number of amides is 1. The maximum Gasteiger partial charge on any atom is 0.269 e. The predicted molar refractivity (Wildman–Crippen MR) is 127 cm³/mol. The van der Waals surface area contributed by atoms with E-state index < -0.39 is 0 Å². The topological polar surface area (TPSA) is 99.8 Å². The summed E-state index contributed by atoms with van der Waals surface area (Å²) in [5.41, 5.74) is 6.43. The summed E-state index contributed by atoms with van der Waals surface area (Å²) in [6, 6.07) is 7.56. The number of carbonyl (C=O) groups is 1. The number of fused-ring (bicyclic) bond motifs is 1. The maximum absolute atomic E-state index is 12.3. The third-order valence-electron chi connectivity index (χ3n) is 6.05. The van der Waals surface area contributed by atoms with Crippen molar-refractivity contribution in [1.82, 2.24) is 25.6 Å². The van der Waals surface area contributed by atoms with Crippen molar-refractivity contribution in [2.75, 3.05) is 20.1 Å². The number of aromatic nitrogens is 3. The van der Waals surface area contributed by atoms with Crippen LogP contribution in [-0.4, -0.2) is 41.0 Å². The summed E-state index contributed by atoms with van der Waals surface area (Å²) in [4.78, 5) is 36.8. The molecule has 7 nitrogen and oxygen atoms in total. The Labute approximate surface area is 187 Å². The minimum Gasteiger partial charge on any atom is -0.354 e. The Bertz CT molecular complexity index is 1270. The van der Waals surface area contributed by atoms with E-state index in [1.165, 1.54) is 5.57 Å². The minimum absolute atomic E-state index is 0.0629. The molecule has 7 heteroatoms. The van der Waals surface area contributed by atoms with E-state index in [0.717, 1.165) is 41.0 Å². The first kappa shape index (κ1) is 21.9. The van der Waals surface area contributed by atoms with Crippen LogP contribution in [0.1, 0.15) is 53.6 Å². The molecule has 4 rings (SSSR count). The number of carbonyl (C=O) groups excluding carboxylic acids is 1. The van der Waals surface area contributed by atoms with Crippen LogP contribution in [0, 0.1) is 5.41 Å². The van der Waals surface area contributed by atoms with Crippen LogP contribution >= 0.6 is 0 Å². The highest BCUT2D eigenvalue weighted by atomic mass is 16.1. The molecule has 32 heavy (non-hydrogen) atoms. The van der Waals surface area contributed by atoms with E-state index in [4.69, 9.17) is 4.98 Å². The van der Waals surface area contributed by atoms with Gasteiger partial charge in [-0.15, -0.1) is 0 Å². The van der Waals surface area contributed by atoms with Gasteiger partial charge in [0.05, 0.1) is 16.7 Å². The van der Waals surface area contributed by atoms with E-state index in [1.54, 1.807) is 13.1 Å².